The second-order valence-corrected chi connectivity index (χ2v) is 3.76. The largest absolute Gasteiger partial charge is 0.301 e. The highest BCUT2D eigenvalue weighted by molar-refractivity contribution is 7.99. The molecular formula is C7H8N2O2S2. The Labute approximate surface area is 84.3 Å². The fourth-order valence-electron chi connectivity index (χ4n) is 0.819. The molecular weight excluding hydrogens is 208 g/mol. The molecule has 0 fully saturated rings. The molecule has 6 heteroatoms. The third-order valence-corrected chi connectivity index (χ3v) is 2.75. The zero-order chi connectivity index (χ0) is 9.84. The highest BCUT2D eigenvalue weighted by Crippen LogP contribution is 2.27. The van der Waals surface area contributed by atoms with Crippen LogP contribution in [0.25, 0.3) is 0 Å². The molecule has 70 valence electrons. The van der Waals surface area contributed by atoms with Gasteiger partial charge in [-0.25, -0.2) is 4.98 Å². The van der Waals surface area contributed by atoms with Crippen molar-refractivity contribution in [1.82, 2.24) is 4.98 Å². The molecule has 0 aliphatic rings. The maximum Gasteiger partial charge on any atom is 0.301 e. The smallest absolute Gasteiger partial charge is 0.258 e. The quantitative estimate of drug-likeness (QED) is 0.441. The molecule has 1 heterocycles. The first kappa shape index (κ1) is 10.3. The van der Waals surface area contributed by atoms with Crippen LogP contribution in [0.3, 0.4) is 0 Å². The van der Waals surface area contributed by atoms with Crippen molar-refractivity contribution in [2.75, 3.05) is 12.5 Å². The second-order valence-electron chi connectivity index (χ2n) is 2.14. The summed E-state index contributed by atoms with van der Waals surface area (Å²) in [5.74, 6) is 0. The van der Waals surface area contributed by atoms with Crippen LogP contribution in [0.4, 0.5) is 5.69 Å². The maximum atomic E-state index is 10.5. The van der Waals surface area contributed by atoms with Gasteiger partial charge in [0.25, 0.3) is 0 Å². The Morgan fingerprint density at radius 2 is 2.08 bits per heavy atom. The summed E-state index contributed by atoms with van der Waals surface area (Å²) in [5, 5.41) is 11.8. The predicted octanol–water partition coefficient (Wildman–Crippen LogP) is 2.43. The molecule has 1 rings (SSSR count). The monoisotopic (exact) mass is 216 g/mol. The SMILES string of the molecule is CSc1ccc([N+](=O)[O-])c(SC)n1. The van der Waals surface area contributed by atoms with Gasteiger partial charge in [0.05, 0.1) is 9.95 Å². The van der Waals surface area contributed by atoms with E-state index >= 15 is 0 Å². The molecule has 0 aliphatic heterocycles. The summed E-state index contributed by atoms with van der Waals surface area (Å²) < 4.78 is 0. The Bertz CT molecular complexity index is 330. The molecule has 1 aromatic rings. The Balaban J connectivity index is 3.15. The molecule has 0 bridgehead atoms. The molecule has 13 heavy (non-hydrogen) atoms. The van der Waals surface area contributed by atoms with Crippen LogP contribution in [0, 0.1) is 10.1 Å². The van der Waals surface area contributed by atoms with Gasteiger partial charge >= 0.3 is 5.69 Å². The molecule has 0 radical (unpaired) electrons. The van der Waals surface area contributed by atoms with E-state index < -0.39 is 4.92 Å². The summed E-state index contributed by atoms with van der Waals surface area (Å²) in [6.07, 6.45) is 3.66. The Hall–Kier alpha value is -0.750. The number of thioether (sulfide) groups is 2. The lowest BCUT2D eigenvalue weighted by molar-refractivity contribution is -0.388. The average molecular weight is 216 g/mol. The van der Waals surface area contributed by atoms with Crippen molar-refractivity contribution in [1.29, 1.82) is 0 Å². The first-order valence-corrected chi connectivity index (χ1v) is 5.87. The van der Waals surface area contributed by atoms with Crippen LogP contribution in [0.2, 0.25) is 0 Å². The standard InChI is InChI=1S/C7H8N2O2S2/c1-12-6-4-3-5(9(10)11)7(8-6)13-2/h3-4H,1-2H3. The number of nitro groups is 1. The highest BCUT2D eigenvalue weighted by atomic mass is 32.2. The van der Waals surface area contributed by atoms with E-state index in [1.165, 1.54) is 29.6 Å². The second kappa shape index (κ2) is 4.48. The minimum Gasteiger partial charge on any atom is -0.258 e. The average Bonchev–Trinajstić information content (AvgIpc) is 2.16. The highest BCUT2D eigenvalue weighted by Gasteiger charge is 2.14. The van der Waals surface area contributed by atoms with Gasteiger partial charge in [-0.1, -0.05) is 0 Å². The number of pyridine rings is 1. The summed E-state index contributed by atoms with van der Waals surface area (Å²) in [6.45, 7) is 0. The van der Waals surface area contributed by atoms with Gasteiger partial charge < -0.3 is 0 Å². The summed E-state index contributed by atoms with van der Waals surface area (Å²) in [5.41, 5.74) is 0.0744. The van der Waals surface area contributed by atoms with E-state index in [0.717, 1.165) is 5.03 Å². The summed E-state index contributed by atoms with van der Waals surface area (Å²) in [6, 6.07) is 3.15. The molecule has 0 aromatic carbocycles. The van der Waals surface area contributed by atoms with Crippen LogP contribution in [0.1, 0.15) is 0 Å². The number of hydrogen-bond donors (Lipinski definition) is 0. The van der Waals surface area contributed by atoms with E-state index in [9.17, 15) is 10.1 Å². The van der Waals surface area contributed by atoms with Crippen molar-refractivity contribution in [3.8, 4) is 0 Å². The molecule has 0 atom stereocenters. The molecule has 0 aliphatic carbocycles. The molecule has 0 amide bonds. The van der Waals surface area contributed by atoms with Crippen LogP contribution in [0.15, 0.2) is 22.2 Å². The van der Waals surface area contributed by atoms with Crippen LogP contribution in [0.5, 0.6) is 0 Å². The fourth-order valence-corrected chi connectivity index (χ4v) is 1.80. The number of rotatable bonds is 3. The van der Waals surface area contributed by atoms with Crippen molar-refractivity contribution in [3.63, 3.8) is 0 Å². The Morgan fingerprint density at radius 3 is 2.54 bits per heavy atom. The van der Waals surface area contributed by atoms with E-state index in [1.54, 1.807) is 12.3 Å². The summed E-state index contributed by atoms with van der Waals surface area (Å²) in [4.78, 5) is 14.2. The van der Waals surface area contributed by atoms with Gasteiger partial charge in [0, 0.05) is 6.07 Å². The van der Waals surface area contributed by atoms with Gasteiger partial charge in [0.15, 0.2) is 5.03 Å². The van der Waals surface area contributed by atoms with Gasteiger partial charge in [0.2, 0.25) is 0 Å². The maximum absolute atomic E-state index is 10.5. The molecule has 0 spiro atoms. The van der Waals surface area contributed by atoms with Crippen molar-refractivity contribution < 1.29 is 4.92 Å². The van der Waals surface area contributed by atoms with Crippen LogP contribution in [-0.4, -0.2) is 22.4 Å². The number of hydrogen-bond acceptors (Lipinski definition) is 5. The number of aromatic nitrogens is 1. The van der Waals surface area contributed by atoms with E-state index in [-0.39, 0.29) is 5.69 Å². The Morgan fingerprint density at radius 1 is 1.38 bits per heavy atom. The first-order chi connectivity index (χ1) is 6.19. The minimum atomic E-state index is -0.414. The molecule has 4 nitrogen and oxygen atoms in total. The van der Waals surface area contributed by atoms with Gasteiger partial charge in [-0.2, -0.15) is 0 Å². The van der Waals surface area contributed by atoms with Crippen LogP contribution < -0.4 is 0 Å². The van der Waals surface area contributed by atoms with Gasteiger partial charge in [-0.05, 0) is 18.6 Å². The zero-order valence-electron chi connectivity index (χ0n) is 7.18. The van der Waals surface area contributed by atoms with Crippen molar-refractivity contribution in [2.24, 2.45) is 0 Å². The van der Waals surface area contributed by atoms with E-state index in [2.05, 4.69) is 4.98 Å². The lowest BCUT2D eigenvalue weighted by atomic mass is 10.4. The number of nitrogens with zero attached hydrogens (tertiary/aromatic N) is 2. The van der Waals surface area contributed by atoms with Gasteiger partial charge in [0.1, 0.15) is 0 Å². The molecule has 0 unspecified atom stereocenters. The Kier molecular flexibility index (Phi) is 3.56. The predicted molar refractivity (Wildman–Crippen MR) is 54.5 cm³/mol. The lowest BCUT2D eigenvalue weighted by Crippen LogP contribution is -1.93. The van der Waals surface area contributed by atoms with Crippen molar-refractivity contribution >= 4 is 29.2 Å². The van der Waals surface area contributed by atoms with E-state index in [4.69, 9.17) is 0 Å². The molecule has 0 saturated heterocycles. The van der Waals surface area contributed by atoms with Gasteiger partial charge in [-0.3, -0.25) is 10.1 Å². The van der Waals surface area contributed by atoms with E-state index in [1.807, 2.05) is 6.26 Å². The molecule has 0 saturated carbocycles. The lowest BCUT2D eigenvalue weighted by Gasteiger charge is -2.00. The molecule has 0 N–H and O–H groups in total. The summed E-state index contributed by atoms with van der Waals surface area (Å²) >= 11 is 2.76. The zero-order valence-corrected chi connectivity index (χ0v) is 8.82. The van der Waals surface area contributed by atoms with E-state index in [0.29, 0.717) is 5.03 Å². The minimum absolute atomic E-state index is 0.0744. The van der Waals surface area contributed by atoms with Crippen molar-refractivity contribution in [3.05, 3.63) is 22.2 Å². The normalized spacial score (nSPS) is 10.0. The summed E-state index contributed by atoms with van der Waals surface area (Å²) in [7, 11) is 0. The van der Waals surface area contributed by atoms with Crippen LogP contribution >= 0.6 is 23.5 Å². The first-order valence-electron chi connectivity index (χ1n) is 3.42. The van der Waals surface area contributed by atoms with Gasteiger partial charge in [-0.15, -0.1) is 23.5 Å². The third kappa shape index (κ3) is 2.35. The topological polar surface area (TPSA) is 56.0 Å². The third-order valence-electron chi connectivity index (χ3n) is 1.41. The molecule has 1 aromatic heterocycles. The van der Waals surface area contributed by atoms with Crippen molar-refractivity contribution in [2.45, 2.75) is 10.1 Å². The fraction of sp³-hybridized carbons (Fsp3) is 0.286. The van der Waals surface area contributed by atoms with Crippen LogP contribution in [-0.2, 0) is 0 Å².